The van der Waals surface area contributed by atoms with Gasteiger partial charge in [0.15, 0.2) is 0 Å². The molecule has 0 amide bonds. The normalized spacial score (nSPS) is 29.7. The summed E-state index contributed by atoms with van der Waals surface area (Å²) in [6, 6.07) is 0.308. The summed E-state index contributed by atoms with van der Waals surface area (Å²) >= 11 is 0. The average Bonchev–Trinajstić information content (AvgIpc) is 2.64. The number of rotatable bonds is 2. The van der Waals surface area contributed by atoms with E-state index in [0.29, 0.717) is 12.0 Å². The van der Waals surface area contributed by atoms with E-state index in [1.807, 2.05) is 0 Å². The van der Waals surface area contributed by atoms with Crippen molar-refractivity contribution in [2.75, 3.05) is 13.1 Å². The van der Waals surface area contributed by atoms with Crippen LogP contribution in [0.4, 0.5) is 0 Å². The first-order valence-electron chi connectivity index (χ1n) is 4.58. The Morgan fingerprint density at radius 1 is 1.69 bits per heavy atom. The standard InChI is InChI=1S/C8H15N5/c1-6-2-13(3-7(6)9)4-8-10-5-11-12-8/h5-7H,2-4,9H2,1H3,(H,10,11,12). The molecule has 5 nitrogen and oxygen atoms in total. The minimum Gasteiger partial charge on any atom is -0.326 e. The Hall–Kier alpha value is -0.940. The Bertz CT molecular complexity index is 248. The van der Waals surface area contributed by atoms with Crippen LogP contribution >= 0.6 is 0 Å². The molecular formula is C8H15N5. The summed E-state index contributed by atoms with van der Waals surface area (Å²) in [6.07, 6.45) is 1.54. The van der Waals surface area contributed by atoms with Crippen molar-refractivity contribution in [3.05, 3.63) is 12.2 Å². The number of nitrogens with one attached hydrogen (secondary N) is 1. The number of hydrogen-bond acceptors (Lipinski definition) is 4. The Morgan fingerprint density at radius 3 is 3.08 bits per heavy atom. The van der Waals surface area contributed by atoms with Gasteiger partial charge in [0.25, 0.3) is 0 Å². The predicted octanol–water partition coefficient (Wildman–Crippen LogP) is -0.416. The minimum absolute atomic E-state index is 0.308. The Labute approximate surface area is 77.3 Å². The summed E-state index contributed by atoms with van der Waals surface area (Å²) in [6.45, 7) is 5.03. The lowest BCUT2D eigenvalue weighted by Gasteiger charge is -2.12. The molecule has 2 rings (SSSR count). The fraction of sp³-hybridized carbons (Fsp3) is 0.750. The fourth-order valence-electron chi connectivity index (χ4n) is 1.74. The van der Waals surface area contributed by atoms with Crippen molar-refractivity contribution in [2.24, 2.45) is 11.7 Å². The first-order chi connectivity index (χ1) is 6.25. The average molecular weight is 181 g/mol. The summed E-state index contributed by atoms with van der Waals surface area (Å²) in [7, 11) is 0. The Kier molecular flexibility index (Phi) is 2.28. The molecule has 5 heteroatoms. The molecular weight excluding hydrogens is 166 g/mol. The number of aromatic amines is 1. The van der Waals surface area contributed by atoms with Crippen LogP contribution in [0, 0.1) is 5.92 Å². The second-order valence-corrected chi connectivity index (χ2v) is 3.77. The maximum atomic E-state index is 5.91. The van der Waals surface area contributed by atoms with E-state index in [1.165, 1.54) is 6.33 Å². The second kappa shape index (κ2) is 3.43. The van der Waals surface area contributed by atoms with Gasteiger partial charge >= 0.3 is 0 Å². The smallest absolute Gasteiger partial charge is 0.138 e. The van der Waals surface area contributed by atoms with E-state index in [1.54, 1.807) is 0 Å². The number of hydrogen-bond donors (Lipinski definition) is 2. The maximum Gasteiger partial charge on any atom is 0.138 e. The zero-order valence-corrected chi connectivity index (χ0v) is 7.77. The van der Waals surface area contributed by atoms with Crippen LogP contribution in [0.1, 0.15) is 12.7 Å². The minimum atomic E-state index is 0.308. The lowest BCUT2D eigenvalue weighted by atomic mass is 10.1. The lowest BCUT2D eigenvalue weighted by molar-refractivity contribution is 0.311. The molecule has 0 radical (unpaired) electrons. The van der Waals surface area contributed by atoms with Gasteiger partial charge in [-0.05, 0) is 5.92 Å². The van der Waals surface area contributed by atoms with Gasteiger partial charge in [0.1, 0.15) is 12.2 Å². The van der Waals surface area contributed by atoms with E-state index < -0.39 is 0 Å². The zero-order valence-electron chi connectivity index (χ0n) is 7.77. The third-order valence-corrected chi connectivity index (χ3v) is 2.58. The van der Waals surface area contributed by atoms with E-state index in [0.717, 1.165) is 25.5 Å². The van der Waals surface area contributed by atoms with E-state index >= 15 is 0 Å². The van der Waals surface area contributed by atoms with E-state index in [9.17, 15) is 0 Å². The van der Waals surface area contributed by atoms with Gasteiger partial charge in [-0.1, -0.05) is 6.92 Å². The molecule has 0 saturated carbocycles. The molecule has 1 aliphatic rings. The molecule has 1 fully saturated rings. The predicted molar refractivity (Wildman–Crippen MR) is 48.8 cm³/mol. The molecule has 0 bridgehead atoms. The molecule has 13 heavy (non-hydrogen) atoms. The number of H-pyrrole nitrogens is 1. The molecule has 2 unspecified atom stereocenters. The quantitative estimate of drug-likeness (QED) is 0.650. The molecule has 0 aliphatic carbocycles. The second-order valence-electron chi connectivity index (χ2n) is 3.77. The highest BCUT2D eigenvalue weighted by Gasteiger charge is 2.26. The van der Waals surface area contributed by atoms with Crippen molar-refractivity contribution in [1.29, 1.82) is 0 Å². The van der Waals surface area contributed by atoms with Gasteiger partial charge in [-0.2, -0.15) is 5.10 Å². The Morgan fingerprint density at radius 2 is 2.54 bits per heavy atom. The third kappa shape index (κ3) is 1.87. The van der Waals surface area contributed by atoms with Crippen molar-refractivity contribution in [3.8, 4) is 0 Å². The highest BCUT2D eigenvalue weighted by atomic mass is 15.2. The monoisotopic (exact) mass is 181 g/mol. The maximum absolute atomic E-state index is 5.91. The molecule has 1 aromatic rings. The van der Waals surface area contributed by atoms with Crippen LogP contribution in [-0.4, -0.2) is 39.2 Å². The molecule has 0 aromatic carbocycles. The topological polar surface area (TPSA) is 70.8 Å². The van der Waals surface area contributed by atoms with Gasteiger partial charge in [0, 0.05) is 19.1 Å². The highest BCUT2D eigenvalue weighted by Crippen LogP contribution is 2.15. The number of nitrogens with two attached hydrogens (primary N) is 1. The molecule has 0 spiro atoms. The zero-order chi connectivity index (χ0) is 9.26. The summed E-state index contributed by atoms with van der Waals surface area (Å²) in [5.41, 5.74) is 5.91. The molecule has 2 heterocycles. The van der Waals surface area contributed by atoms with Gasteiger partial charge in [0.05, 0.1) is 6.54 Å². The van der Waals surface area contributed by atoms with Gasteiger partial charge in [-0.25, -0.2) is 4.98 Å². The van der Waals surface area contributed by atoms with Crippen molar-refractivity contribution >= 4 is 0 Å². The van der Waals surface area contributed by atoms with Crippen molar-refractivity contribution in [2.45, 2.75) is 19.5 Å². The fourth-order valence-corrected chi connectivity index (χ4v) is 1.74. The van der Waals surface area contributed by atoms with Crippen LogP contribution < -0.4 is 5.73 Å². The van der Waals surface area contributed by atoms with Crippen LogP contribution in [0.25, 0.3) is 0 Å². The highest BCUT2D eigenvalue weighted by molar-refractivity contribution is 4.88. The molecule has 1 aliphatic heterocycles. The largest absolute Gasteiger partial charge is 0.326 e. The van der Waals surface area contributed by atoms with Crippen molar-refractivity contribution in [1.82, 2.24) is 20.1 Å². The molecule has 3 N–H and O–H groups in total. The lowest BCUT2D eigenvalue weighted by Crippen LogP contribution is -2.28. The van der Waals surface area contributed by atoms with E-state index in [-0.39, 0.29) is 0 Å². The first kappa shape index (κ1) is 8.65. The van der Waals surface area contributed by atoms with Crippen molar-refractivity contribution < 1.29 is 0 Å². The molecule has 72 valence electrons. The molecule has 2 atom stereocenters. The van der Waals surface area contributed by atoms with E-state index in [4.69, 9.17) is 5.73 Å². The third-order valence-electron chi connectivity index (χ3n) is 2.58. The molecule has 1 saturated heterocycles. The van der Waals surface area contributed by atoms with Crippen LogP contribution in [0.5, 0.6) is 0 Å². The van der Waals surface area contributed by atoms with Gasteiger partial charge < -0.3 is 5.73 Å². The van der Waals surface area contributed by atoms with Gasteiger partial charge in [0.2, 0.25) is 0 Å². The number of nitrogens with zero attached hydrogens (tertiary/aromatic N) is 3. The summed E-state index contributed by atoms with van der Waals surface area (Å²) in [4.78, 5) is 6.38. The van der Waals surface area contributed by atoms with E-state index in [2.05, 4.69) is 27.0 Å². The first-order valence-corrected chi connectivity index (χ1v) is 4.58. The van der Waals surface area contributed by atoms with Crippen LogP contribution in [0.2, 0.25) is 0 Å². The van der Waals surface area contributed by atoms with Gasteiger partial charge in [-0.3, -0.25) is 10.00 Å². The van der Waals surface area contributed by atoms with Crippen LogP contribution in [-0.2, 0) is 6.54 Å². The van der Waals surface area contributed by atoms with Crippen molar-refractivity contribution in [3.63, 3.8) is 0 Å². The Balaban J connectivity index is 1.91. The van der Waals surface area contributed by atoms with Gasteiger partial charge in [-0.15, -0.1) is 0 Å². The van der Waals surface area contributed by atoms with Crippen LogP contribution in [0.15, 0.2) is 6.33 Å². The summed E-state index contributed by atoms with van der Waals surface area (Å²) < 4.78 is 0. The summed E-state index contributed by atoms with van der Waals surface area (Å²) in [5, 5.41) is 6.66. The number of likely N-dealkylation sites (tertiary alicyclic amines) is 1. The summed E-state index contributed by atoms with van der Waals surface area (Å²) in [5.74, 6) is 1.50. The van der Waals surface area contributed by atoms with Crippen LogP contribution in [0.3, 0.4) is 0 Å². The SMILES string of the molecule is CC1CN(Cc2ncn[nH]2)CC1N. The number of aromatic nitrogens is 3. The molecule has 1 aromatic heterocycles.